The van der Waals surface area contributed by atoms with E-state index in [4.69, 9.17) is 4.42 Å². The van der Waals surface area contributed by atoms with Crippen LogP contribution in [0.25, 0.3) is 22.1 Å². The molecule has 3 aromatic rings. The Balaban J connectivity index is 2.39. The second-order valence-corrected chi connectivity index (χ2v) is 3.99. The van der Waals surface area contributed by atoms with Gasteiger partial charge in [-0.1, -0.05) is 18.2 Å². The molecule has 1 nitrogen and oxygen atoms in total. The highest BCUT2D eigenvalue weighted by atomic mass is 19.2. The summed E-state index contributed by atoms with van der Waals surface area (Å²) in [6, 6.07) is 6.62. The number of para-hydroxylation sites is 1. The second-order valence-electron chi connectivity index (χ2n) is 3.99. The first-order valence-corrected chi connectivity index (χ1v) is 5.39. The van der Waals surface area contributed by atoms with E-state index in [2.05, 4.69) is 0 Å². The summed E-state index contributed by atoms with van der Waals surface area (Å²) in [5, 5.41) is 0.380. The predicted octanol–water partition coefficient (Wildman–Crippen LogP) is 4.66. The number of benzene rings is 2. The minimum absolute atomic E-state index is 0.0241. The van der Waals surface area contributed by atoms with E-state index >= 15 is 0 Å². The van der Waals surface area contributed by atoms with Crippen LogP contribution >= 0.6 is 0 Å². The van der Waals surface area contributed by atoms with Gasteiger partial charge in [0.05, 0.1) is 11.8 Å². The molecule has 0 spiro atoms. The molecule has 0 N–H and O–H groups in total. The van der Waals surface area contributed by atoms with Gasteiger partial charge in [-0.2, -0.15) is 0 Å². The van der Waals surface area contributed by atoms with Gasteiger partial charge in [-0.3, -0.25) is 0 Å². The third-order valence-corrected chi connectivity index (χ3v) is 2.86. The SMILES string of the molecule is Fc1cc(F)c(F)c(-c2coc3ccccc23)c1F. The molecule has 0 bridgehead atoms. The Morgan fingerprint density at radius 3 is 2.16 bits per heavy atom. The third-order valence-electron chi connectivity index (χ3n) is 2.86. The van der Waals surface area contributed by atoms with Crippen molar-refractivity contribution >= 4 is 11.0 Å². The molecule has 0 fully saturated rings. The fourth-order valence-electron chi connectivity index (χ4n) is 1.98. The van der Waals surface area contributed by atoms with Crippen molar-refractivity contribution in [1.82, 2.24) is 0 Å². The molecule has 0 saturated heterocycles. The van der Waals surface area contributed by atoms with Gasteiger partial charge < -0.3 is 4.42 Å². The fourth-order valence-corrected chi connectivity index (χ4v) is 1.98. The average Bonchev–Trinajstić information content (AvgIpc) is 2.81. The van der Waals surface area contributed by atoms with Crippen molar-refractivity contribution in [1.29, 1.82) is 0 Å². The van der Waals surface area contributed by atoms with Crippen LogP contribution < -0.4 is 0 Å². The number of halogens is 4. The van der Waals surface area contributed by atoms with Gasteiger partial charge in [0.15, 0.2) is 23.3 Å². The van der Waals surface area contributed by atoms with Crippen LogP contribution in [0, 0.1) is 23.3 Å². The Morgan fingerprint density at radius 1 is 0.842 bits per heavy atom. The summed E-state index contributed by atoms with van der Waals surface area (Å²) in [6.45, 7) is 0. The van der Waals surface area contributed by atoms with Crippen LogP contribution in [-0.4, -0.2) is 0 Å². The van der Waals surface area contributed by atoms with Gasteiger partial charge in [0, 0.05) is 17.0 Å². The molecule has 0 amide bonds. The van der Waals surface area contributed by atoms with E-state index in [9.17, 15) is 17.6 Å². The van der Waals surface area contributed by atoms with E-state index in [0.717, 1.165) is 6.26 Å². The third kappa shape index (κ3) is 1.69. The first-order valence-electron chi connectivity index (χ1n) is 5.39. The molecule has 0 aliphatic carbocycles. The number of furan rings is 1. The lowest BCUT2D eigenvalue weighted by Crippen LogP contribution is -1.98. The Kier molecular flexibility index (Phi) is 2.55. The highest BCUT2D eigenvalue weighted by Gasteiger charge is 2.23. The van der Waals surface area contributed by atoms with Gasteiger partial charge in [0.1, 0.15) is 5.58 Å². The maximum atomic E-state index is 13.7. The van der Waals surface area contributed by atoms with Crippen molar-refractivity contribution in [3.05, 3.63) is 59.9 Å². The van der Waals surface area contributed by atoms with E-state index in [1.54, 1.807) is 24.3 Å². The summed E-state index contributed by atoms with van der Waals surface area (Å²) in [5.74, 6) is -5.77. The summed E-state index contributed by atoms with van der Waals surface area (Å²) in [6.07, 6.45) is 1.07. The average molecular weight is 266 g/mol. The largest absolute Gasteiger partial charge is 0.464 e. The van der Waals surface area contributed by atoms with Gasteiger partial charge >= 0.3 is 0 Å². The monoisotopic (exact) mass is 266 g/mol. The van der Waals surface area contributed by atoms with Crippen LogP contribution in [0.4, 0.5) is 17.6 Å². The molecule has 0 atom stereocenters. The highest BCUT2D eigenvalue weighted by molar-refractivity contribution is 5.94. The van der Waals surface area contributed by atoms with E-state index < -0.39 is 28.8 Å². The van der Waals surface area contributed by atoms with Crippen LogP contribution in [0.3, 0.4) is 0 Å². The van der Waals surface area contributed by atoms with Crippen LogP contribution in [0.2, 0.25) is 0 Å². The first kappa shape index (κ1) is 11.8. The lowest BCUT2D eigenvalue weighted by atomic mass is 10.0. The van der Waals surface area contributed by atoms with Crippen LogP contribution in [-0.2, 0) is 0 Å². The standard InChI is InChI=1S/C14H6F4O/c15-9-5-10(16)14(18)12(13(9)17)8-6-19-11-4-2-1-3-7(8)11/h1-6H. The molecule has 96 valence electrons. The summed E-state index contributed by atoms with van der Waals surface area (Å²) in [5.41, 5.74) is -0.410. The van der Waals surface area contributed by atoms with Crippen molar-refractivity contribution in [3.63, 3.8) is 0 Å². The Labute approximate surface area is 105 Å². The lowest BCUT2D eigenvalue weighted by molar-refractivity contribution is 0.458. The van der Waals surface area contributed by atoms with Gasteiger partial charge in [0.25, 0.3) is 0 Å². The number of hydrogen-bond donors (Lipinski definition) is 0. The van der Waals surface area contributed by atoms with Crippen molar-refractivity contribution in [2.75, 3.05) is 0 Å². The molecular weight excluding hydrogens is 260 g/mol. The minimum Gasteiger partial charge on any atom is -0.464 e. The zero-order valence-corrected chi connectivity index (χ0v) is 9.38. The van der Waals surface area contributed by atoms with Crippen molar-refractivity contribution in [2.45, 2.75) is 0 Å². The molecule has 1 aromatic heterocycles. The normalized spacial score (nSPS) is 11.2. The van der Waals surface area contributed by atoms with Crippen LogP contribution in [0.1, 0.15) is 0 Å². The number of fused-ring (bicyclic) bond motifs is 1. The van der Waals surface area contributed by atoms with Gasteiger partial charge in [-0.15, -0.1) is 0 Å². The van der Waals surface area contributed by atoms with Gasteiger partial charge in [-0.05, 0) is 6.07 Å². The van der Waals surface area contributed by atoms with Crippen molar-refractivity contribution in [2.24, 2.45) is 0 Å². The second kappa shape index (κ2) is 4.12. The topological polar surface area (TPSA) is 13.1 Å². The Bertz CT molecular complexity index is 750. The smallest absolute Gasteiger partial charge is 0.169 e. The van der Waals surface area contributed by atoms with Crippen molar-refractivity contribution in [3.8, 4) is 11.1 Å². The quantitative estimate of drug-likeness (QED) is 0.461. The first-order chi connectivity index (χ1) is 9.09. The Hall–Kier alpha value is -2.30. The molecule has 0 unspecified atom stereocenters. The zero-order valence-electron chi connectivity index (χ0n) is 9.38. The van der Waals surface area contributed by atoms with E-state index in [1.807, 2.05) is 0 Å². The van der Waals surface area contributed by atoms with Crippen LogP contribution in [0.15, 0.2) is 41.0 Å². The zero-order chi connectivity index (χ0) is 13.6. The Morgan fingerprint density at radius 2 is 1.47 bits per heavy atom. The summed E-state index contributed by atoms with van der Waals surface area (Å²) in [4.78, 5) is 0. The highest BCUT2D eigenvalue weighted by Crippen LogP contribution is 2.35. The number of hydrogen-bond acceptors (Lipinski definition) is 1. The minimum atomic E-state index is -1.45. The predicted molar refractivity (Wildman–Crippen MR) is 61.5 cm³/mol. The molecule has 0 aliphatic heterocycles. The summed E-state index contributed by atoms with van der Waals surface area (Å²) in [7, 11) is 0. The van der Waals surface area contributed by atoms with E-state index in [0.29, 0.717) is 11.0 Å². The molecule has 1 heterocycles. The van der Waals surface area contributed by atoms with Gasteiger partial charge in [0.2, 0.25) is 0 Å². The molecule has 0 radical (unpaired) electrons. The van der Waals surface area contributed by atoms with Crippen molar-refractivity contribution < 1.29 is 22.0 Å². The fraction of sp³-hybridized carbons (Fsp3) is 0. The molecule has 0 saturated carbocycles. The maximum Gasteiger partial charge on any atom is 0.169 e. The van der Waals surface area contributed by atoms with E-state index in [-0.39, 0.29) is 11.6 Å². The molecular formula is C14H6F4O. The number of rotatable bonds is 1. The van der Waals surface area contributed by atoms with E-state index in [1.165, 1.54) is 0 Å². The molecule has 19 heavy (non-hydrogen) atoms. The molecule has 2 aromatic carbocycles. The van der Waals surface area contributed by atoms with Gasteiger partial charge in [-0.25, -0.2) is 17.6 Å². The summed E-state index contributed by atoms with van der Waals surface area (Å²) < 4.78 is 58.9. The summed E-state index contributed by atoms with van der Waals surface area (Å²) >= 11 is 0. The lowest BCUT2D eigenvalue weighted by Gasteiger charge is -2.05. The molecule has 5 heteroatoms. The maximum absolute atomic E-state index is 13.7. The molecule has 3 rings (SSSR count). The molecule has 0 aliphatic rings. The van der Waals surface area contributed by atoms with Crippen LogP contribution in [0.5, 0.6) is 0 Å².